The molecule has 1 aromatic carbocycles. The highest BCUT2D eigenvalue weighted by Crippen LogP contribution is 2.40. The van der Waals surface area contributed by atoms with Crippen molar-refractivity contribution in [3.63, 3.8) is 0 Å². The van der Waals surface area contributed by atoms with Crippen LogP contribution in [-0.2, 0) is 10.0 Å². The zero-order valence-electron chi connectivity index (χ0n) is 12.3. The highest BCUT2D eigenvalue weighted by atomic mass is 32.2. The molecule has 0 radical (unpaired) electrons. The van der Waals surface area contributed by atoms with Gasteiger partial charge in [0.15, 0.2) is 11.5 Å². The molecule has 0 bridgehead atoms. The Hall–Kier alpha value is -2.06. The molecule has 0 spiro atoms. The second-order valence-corrected chi connectivity index (χ2v) is 8.18. The van der Waals surface area contributed by atoms with Gasteiger partial charge in [0, 0.05) is 6.42 Å². The molecule has 2 aliphatic rings. The predicted octanol–water partition coefficient (Wildman–Crippen LogP) is 2.59. The smallest absolute Gasteiger partial charge is 0.247 e. The fourth-order valence-corrected chi connectivity index (χ4v) is 4.38. The van der Waals surface area contributed by atoms with Crippen LogP contribution in [0.4, 0.5) is 0 Å². The molecule has 8 heteroatoms. The van der Waals surface area contributed by atoms with Crippen LogP contribution in [0.2, 0.25) is 0 Å². The van der Waals surface area contributed by atoms with Crippen LogP contribution >= 0.6 is 11.3 Å². The molecule has 3 heterocycles. The van der Waals surface area contributed by atoms with Crippen molar-refractivity contribution in [2.75, 3.05) is 13.0 Å². The third-order valence-electron chi connectivity index (χ3n) is 3.80. The maximum Gasteiger partial charge on any atom is 0.247 e. The highest BCUT2D eigenvalue weighted by Gasteiger charge is 2.35. The van der Waals surface area contributed by atoms with E-state index in [0.717, 1.165) is 16.2 Å². The molecular weight excluding hydrogens is 336 g/mol. The van der Waals surface area contributed by atoms with Crippen molar-refractivity contribution >= 4 is 27.1 Å². The summed E-state index contributed by atoms with van der Waals surface area (Å²) in [5, 5.41) is 6.31. The van der Waals surface area contributed by atoms with Gasteiger partial charge in [-0.25, -0.2) is 8.42 Å². The van der Waals surface area contributed by atoms with E-state index in [9.17, 15) is 8.42 Å². The van der Waals surface area contributed by atoms with E-state index < -0.39 is 10.0 Å². The lowest BCUT2D eigenvalue weighted by Crippen LogP contribution is -2.25. The lowest BCUT2D eigenvalue weighted by molar-refractivity contribution is 0.174. The van der Waals surface area contributed by atoms with Crippen molar-refractivity contribution in [2.45, 2.75) is 12.5 Å². The van der Waals surface area contributed by atoms with Crippen molar-refractivity contribution in [1.82, 2.24) is 4.41 Å². The van der Waals surface area contributed by atoms with E-state index in [4.69, 9.17) is 9.47 Å². The van der Waals surface area contributed by atoms with Crippen LogP contribution in [0, 0.1) is 0 Å². The summed E-state index contributed by atoms with van der Waals surface area (Å²) in [6.07, 6.45) is 1.71. The molecule has 0 fully saturated rings. The monoisotopic (exact) mass is 350 g/mol. The van der Waals surface area contributed by atoms with Crippen LogP contribution in [0.5, 0.6) is 11.5 Å². The van der Waals surface area contributed by atoms with E-state index in [1.807, 2.05) is 29.6 Å². The van der Waals surface area contributed by atoms with Crippen molar-refractivity contribution in [3.05, 3.63) is 46.2 Å². The molecule has 23 heavy (non-hydrogen) atoms. The lowest BCUT2D eigenvalue weighted by Gasteiger charge is -2.21. The molecule has 0 saturated carbocycles. The summed E-state index contributed by atoms with van der Waals surface area (Å²) in [4.78, 5) is 0.988. The summed E-state index contributed by atoms with van der Waals surface area (Å²) in [6, 6.07) is 9.02. The Labute approximate surface area is 138 Å². The summed E-state index contributed by atoms with van der Waals surface area (Å²) in [7, 11) is -3.46. The first-order valence-corrected chi connectivity index (χ1v) is 9.75. The number of ether oxygens (including phenoxy) is 2. The summed E-state index contributed by atoms with van der Waals surface area (Å²) >= 11 is 1.55. The molecule has 4 rings (SSSR count). The number of thiophene rings is 1. The average molecular weight is 350 g/mol. The van der Waals surface area contributed by atoms with Gasteiger partial charge in [0.25, 0.3) is 0 Å². The fourth-order valence-electron chi connectivity index (χ4n) is 2.75. The van der Waals surface area contributed by atoms with Gasteiger partial charge in [-0.1, -0.05) is 12.1 Å². The van der Waals surface area contributed by atoms with Crippen LogP contribution in [0.3, 0.4) is 0 Å². The summed E-state index contributed by atoms with van der Waals surface area (Å²) in [5.74, 6) is 1.32. The Morgan fingerprint density at radius 2 is 2.09 bits per heavy atom. The predicted molar refractivity (Wildman–Crippen MR) is 87.5 cm³/mol. The Bertz CT molecular complexity index is 875. The maximum absolute atomic E-state index is 12.1. The van der Waals surface area contributed by atoms with Gasteiger partial charge in [-0.05, 0) is 29.1 Å². The third-order valence-corrected chi connectivity index (χ3v) is 5.73. The minimum Gasteiger partial charge on any atom is -0.454 e. The van der Waals surface area contributed by atoms with Gasteiger partial charge in [-0.2, -0.15) is 9.52 Å². The van der Waals surface area contributed by atoms with Gasteiger partial charge in [0.1, 0.15) is 0 Å². The summed E-state index contributed by atoms with van der Waals surface area (Å²) in [6.45, 7) is 0.191. The van der Waals surface area contributed by atoms with Gasteiger partial charge >= 0.3 is 0 Å². The first kappa shape index (κ1) is 14.5. The topological polar surface area (TPSA) is 68.2 Å². The van der Waals surface area contributed by atoms with Gasteiger partial charge in [-0.3, -0.25) is 0 Å². The number of rotatable bonds is 3. The number of benzene rings is 1. The van der Waals surface area contributed by atoms with Crippen molar-refractivity contribution in [3.8, 4) is 11.5 Å². The van der Waals surface area contributed by atoms with Crippen LogP contribution < -0.4 is 9.47 Å². The van der Waals surface area contributed by atoms with Crippen LogP contribution in [0.1, 0.15) is 22.9 Å². The summed E-state index contributed by atoms with van der Waals surface area (Å²) in [5.41, 5.74) is 1.63. The number of nitrogens with zero attached hydrogens (tertiary/aromatic N) is 2. The van der Waals surface area contributed by atoms with E-state index in [1.54, 1.807) is 17.4 Å². The van der Waals surface area contributed by atoms with Crippen LogP contribution in [0.15, 0.2) is 40.8 Å². The molecule has 120 valence electrons. The Morgan fingerprint density at radius 3 is 2.83 bits per heavy atom. The molecule has 0 saturated heterocycles. The van der Waals surface area contributed by atoms with Gasteiger partial charge in [0.2, 0.25) is 16.8 Å². The van der Waals surface area contributed by atoms with E-state index in [0.29, 0.717) is 17.9 Å². The normalized spacial score (nSPS) is 20.0. The van der Waals surface area contributed by atoms with E-state index >= 15 is 0 Å². The van der Waals surface area contributed by atoms with Crippen molar-refractivity contribution in [1.29, 1.82) is 0 Å². The number of hydrogen-bond acceptors (Lipinski definition) is 6. The molecule has 1 atom stereocenters. The quantitative estimate of drug-likeness (QED) is 0.853. The molecule has 2 aliphatic heterocycles. The zero-order valence-corrected chi connectivity index (χ0v) is 13.9. The minimum atomic E-state index is -3.46. The first-order valence-electron chi connectivity index (χ1n) is 7.03. The van der Waals surface area contributed by atoms with E-state index in [2.05, 4.69) is 5.10 Å². The van der Waals surface area contributed by atoms with Gasteiger partial charge in [0.05, 0.1) is 22.9 Å². The average Bonchev–Trinajstić information content (AvgIpc) is 3.24. The highest BCUT2D eigenvalue weighted by molar-refractivity contribution is 7.88. The second kappa shape index (κ2) is 5.24. The van der Waals surface area contributed by atoms with Crippen molar-refractivity contribution < 1.29 is 17.9 Å². The van der Waals surface area contributed by atoms with Crippen molar-refractivity contribution in [2.24, 2.45) is 5.10 Å². The fraction of sp³-hybridized carbons (Fsp3) is 0.267. The lowest BCUT2D eigenvalue weighted by atomic mass is 10.0. The number of hydrazone groups is 1. The van der Waals surface area contributed by atoms with Crippen LogP contribution in [-0.4, -0.2) is 31.6 Å². The molecule has 1 aromatic heterocycles. The number of hydrogen-bond donors (Lipinski definition) is 0. The Balaban J connectivity index is 1.73. The van der Waals surface area contributed by atoms with Crippen LogP contribution in [0.25, 0.3) is 0 Å². The number of sulfonamides is 1. The SMILES string of the molecule is CS(=O)(=O)N1N=C(c2cccs2)C[C@H]1c1ccc2c(c1)OCO2. The third kappa shape index (κ3) is 2.57. The molecule has 0 unspecified atom stereocenters. The second-order valence-electron chi connectivity index (χ2n) is 5.39. The zero-order chi connectivity index (χ0) is 16.0. The number of fused-ring (bicyclic) bond motifs is 1. The maximum atomic E-state index is 12.1. The minimum absolute atomic E-state index is 0.191. The molecule has 6 nitrogen and oxygen atoms in total. The Morgan fingerprint density at radius 1 is 1.26 bits per heavy atom. The molecular formula is C15H14N2O4S2. The standard InChI is InChI=1S/C15H14N2O4S2/c1-23(18,19)17-12(8-11(16-17)15-3-2-6-22-15)10-4-5-13-14(7-10)21-9-20-13/h2-7,12H,8-9H2,1H3/t12-/m0/s1. The first-order chi connectivity index (χ1) is 11.0. The van der Waals surface area contributed by atoms with Gasteiger partial charge < -0.3 is 9.47 Å². The largest absolute Gasteiger partial charge is 0.454 e. The van der Waals surface area contributed by atoms with Gasteiger partial charge in [-0.15, -0.1) is 11.3 Å². The molecule has 2 aromatic rings. The Kier molecular flexibility index (Phi) is 3.31. The van der Waals surface area contributed by atoms with E-state index in [-0.39, 0.29) is 12.8 Å². The molecule has 0 amide bonds. The molecule has 0 aliphatic carbocycles. The van der Waals surface area contributed by atoms with E-state index in [1.165, 1.54) is 10.7 Å². The molecule has 0 N–H and O–H groups in total. The summed E-state index contributed by atoms with van der Waals surface area (Å²) < 4.78 is 36.2.